The molecule has 1 rings (SSSR count). The molecule has 0 aliphatic rings. The first-order chi connectivity index (χ1) is 9.90. The molecule has 0 spiro atoms. The Balaban J connectivity index is 3.10. The van der Waals surface area contributed by atoms with Crippen molar-refractivity contribution in [2.45, 2.75) is 32.7 Å². The third kappa shape index (κ3) is 5.61. The Kier molecular flexibility index (Phi) is 5.85. The van der Waals surface area contributed by atoms with Crippen LogP contribution in [0.2, 0.25) is 5.02 Å². The van der Waals surface area contributed by atoms with Gasteiger partial charge in [0.05, 0.1) is 5.54 Å². The minimum atomic E-state index is -0.321. The van der Waals surface area contributed by atoms with Crippen LogP contribution in [0.15, 0.2) is 28.3 Å². The molecule has 0 heterocycles. The van der Waals surface area contributed by atoms with Crippen molar-refractivity contribution in [1.82, 2.24) is 5.32 Å². The summed E-state index contributed by atoms with van der Waals surface area (Å²) in [6.45, 7) is 5.92. The van der Waals surface area contributed by atoms with Gasteiger partial charge in [0.25, 0.3) is 0 Å². The standard InChI is InChI=1S/C13H16ClN7/c1-4-13(2,3)19-12(17-8-15)18-10-5-9(14)6-11(7-10)20-21-16/h5-7H,4H2,1-3H3,(H2,17,18,19). The van der Waals surface area contributed by atoms with Crippen LogP contribution in [-0.4, -0.2) is 11.5 Å². The lowest BCUT2D eigenvalue weighted by Crippen LogP contribution is -2.31. The Morgan fingerprint density at radius 1 is 1.48 bits per heavy atom. The summed E-state index contributed by atoms with van der Waals surface area (Å²) in [5, 5.41) is 18.2. The van der Waals surface area contributed by atoms with Gasteiger partial charge in [0.15, 0.2) is 6.19 Å². The van der Waals surface area contributed by atoms with Crippen LogP contribution >= 0.6 is 11.6 Å². The molecule has 0 aromatic heterocycles. The van der Waals surface area contributed by atoms with E-state index in [4.69, 9.17) is 22.4 Å². The van der Waals surface area contributed by atoms with Crippen molar-refractivity contribution in [2.24, 2.45) is 10.1 Å². The van der Waals surface area contributed by atoms with E-state index in [9.17, 15) is 0 Å². The smallest absolute Gasteiger partial charge is 0.209 e. The van der Waals surface area contributed by atoms with E-state index in [1.165, 1.54) is 6.07 Å². The number of hydrogen-bond donors (Lipinski definition) is 2. The van der Waals surface area contributed by atoms with E-state index >= 15 is 0 Å². The van der Waals surface area contributed by atoms with Gasteiger partial charge in [-0.05, 0) is 44.0 Å². The maximum Gasteiger partial charge on any atom is 0.209 e. The second-order valence-corrected chi connectivity index (χ2v) is 5.31. The summed E-state index contributed by atoms with van der Waals surface area (Å²) in [5.41, 5.74) is 9.09. The fourth-order valence-electron chi connectivity index (χ4n) is 1.41. The van der Waals surface area contributed by atoms with Crippen LogP contribution in [0.1, 0.15) is 27.2 Å². The summed E-state index contributed by atoms with van der Waals surface area (Å²) in [5.74, 6) is 0.304. The summed E-state index contributed by atoms with van der Waals surface area (Å²) < 4.78 is 0. The van der Waals surface area contributed by atoms with Crippen LogP contribution in [0.5, 0.6) is 0 Å². The summed E-state index contributed by atoms with van der Waals surface area (Å²) >= 11 is 5.96. The zero-order valence-corrected chi connectivity index (χ0v) is 12.8. The number of rotatable bonds is 4. The molecule has 21 heavy (non-hydrogen) atoms. The Morgan fingerprint density at radius 2 is 2.19 bits per heavy atom. The molecule has 0 saturated carbocycles. The number of hydrogen-bond acceptors (Lipinski definition) is 3. The van der Waals surface area contributed by atoms with Crippen molar-refractivity contribution in [3.05, 3.63) is 33.7 Å². The van der Waals surface area contributed by atoms with Crippen molar-refractivity contribution >= 4 is 28.9 Å². The van der Waals surface area contributed by atoms with Crippen LogP contribution in [0.3, 0.4) is 0 Å². The Bertz CT molecular complexity index is 624. The quantitative estimate of drug-likeness (QED) is 0.164. The van der Waals surface area contributed by atoms with E-state index in [0.717, 1.165) is 6.42 Å². The first-order valence-electron chi connectivity index (χ1n) is 6.28. The second kappa shape index (κ2) is 7.39. The normalized spacial score (nSPS) is 11.3. The average molecular weight is 306 g/mol. The molecule has 8 heteroatoms. The predicted octanol–water partition coefficient (Wildman–Crippen LogP) is 4.31. The molecule has 2 N–H and O–H groups in total. The summed E-state index contributed by atoms with van der Waals surface area (Å²) in [4.78, 5) is 7.16. The van der Waals surface area contributed by atoms with Crippen LogP contribution in [0, 0.1) is 11.5 Å². The van der Waals surface area contributed by atoms with Crippen molar-refractivity contribution in [3.8, 4) is 6.19 Å². The van der Waals surface area contributed by atoms with Crippen molar-refractivity contribution in [1.29, 1.82) is 5.26 Å². The van der Waals surface area contributed by atoms with Gasteiger partial charge in [-0.1, -0.05) is 23.6 Å². The van der Waals surface area contributed by atoms with Gasteiger partial charge in [-0.25, -0.2) is 4.99 Å². The van der Waals surface area contributed by atoms with E-state index in [1.54, 1.807) is 12.1 Å². The largest absolute Gasteiger partial charge is 0.325 e. The number of nitrogens with one attached hydrogen (secondary N) is 2. The minimum Gasteiger partial charge on any atom is -0.325 e. The number of nitriles is 1. The van der Waals surface area contributed by atoms with E-state index in [-0.39, 0.29) is 5.54 Å². The molecule has 7 nitrogen and oxygen atoms in total. The van der Waals surface area contributed by atoms with Gasteiger partial charge in [-0.15, -0.1) is 0 Å². The minimum absolute atomic E-state index is 0.304. The van der Waals surface area contributed by atoms with Crippen LogP contribution in [0.25, 0.3) is 10.4 Å². The van der Waals surface area contributed by atoms with Gasteiger partial charge in [-0.2, -0.15) is 5.26 Å². The lowest BCUT2D eigenvalue weighted by Gasteiger charge is -2.19. The number of benzene rings is 1. The van der Waals surface area contributed by atoms with Gasteiger partial charge < -0.3 is 5.32 Å². The molecule has 0 atom stereocenters. The monoisotopic (exact) mass is 305 g/mol. The summed E-state index contributed by atoms with van der Waals surface area (Å²) in [6.07, 6.45) is 2.64. The number of aliphatic imine (C=N–C) groups is 1. The zero-order valence-electron chi connectivity index (χ0n) is 12.1. The molecular weight excluding hydrogens is 290 g/mol. The SMILES string of the molecule is CCC(C)(C)N=C(NC#N)Nc1cc(Cl)cc(N=[N+]=[N-])c1. The van der Waals surface area contributed by atoms with Gasteiger partial charge in [0, 0.05) is 21.3 Å². The maximum absolute atomic E-state index is 8.80. The van der Waals surface area contributed by atoms with Crippen molar-refractivity contribution in [2.75, 3.05) is 5.32 Å². The summed E-state index contributed by atoms with van der Waals surface area (Å²) in [6, 6.07) is 4.79. The van der Waals surface area contributed by atoms with Crippen molar-refractivity contribution < 1.29 is 0 Å². The highest BCUT2D eigenvalue weighted by Crippen LogP contribution is 2.25. The van der Waals surface area contributed by atoms with E-state index in [0.29, 0.717) is 22.4 Å². The Hall–Kier alpha value is -2.42. The Morgan fingerprint density at radius 3 is 2.76 bits per heavy atom. The molecule has 0 unspecified atom stereocenters. The third-order valence-corrected chi connectivity index (χ3v) is 2.98. The number of nitrogens with zero attached hydrogens (tertiary/aromatic N) is 5. The molecule has 0 radical (unpaired) electrons. The number of anilines is 1. The average Bonchev–Trinajstić information content (AvgIpc) is 2.38. The number of azide groups is 1. The van der Waals surface area contributed by atoms with E-state index in [2.05, 4.69) is 25.7 Å². The molecule has 0 amide bonds. The lowest BCUT2D eigenvalue weighted by atomic mass is 10.0. The van der Waals surface area contributed by atoms with E-state index < -0.39 is 0 Å². The van der Waals surface area contributed by atoms with Gasteiger partial charge in [0.2, 0.25) is 5.96 Å². The maximum atomic E-state index is 8.80. The first-order valence-corrected chi connectivity index (χ1v) is 6.65. The van der Waals surface area contributed by atoms with Crippen LogP contribution in [0.4, 0.5) is 11.4 Å². The molecular formula is C13H16ClN7. The van der Waals surface area contributed by atoms with E-state index in [1.807, 2.05) is 27.0 Å². The van der Waals surface area contributed by atoms with Crippen LogP contribution < -0.4 is 10.6 Å². The number of halogens is 1. The zero-order chi connectivity index (χ0) is 15.9. The predicted molar refractivity (Wildman–Crippen MR) is 84.4 cm³/mol. The molecule has 0 saturated heterocycles. The molecule has 1 aromatic carbocycles. The lowest BCUT2D eigenvalue weighted by molar-refractivity contribution is 0.503. The van der Waals surface area contributed by atoms with Gasteiger partial charge >= 0.3 is 0 Å². The van der Waals surface area contributed by atoms with Gasteiger partial charge in [-0.3, -0.25) is 5.32 Å². The van der Waals surface area contributed by atoms with Gasteiger partial charge in [0.1, 0.15) is 0 Å². The molecule has 0 fully saturated rings. The Labute approximate surface area is 128 Å². The fraction of sp³-hybridized carbons (Fsp3) is 0.385. The summed E-state index contributed by atoms with van der Waals surface area (Å²) in [7, 11) is 0. The molecule has 1 aromatic rings. The molecule has 110 valence electrons. The second-order valence-electron chi connectivity index (χ2n) is 4.88. The van der Waals surface area contributed by atoms with Crippen LogP contribution in [-0.2, 0) is 0 Å². The topological polar surface area (TPSA) is 109 Å². The molecule has 0 bridgehead atoms. The van der Waals surface area contributed by atoms with Crippen molar-refractivity contribution in [3.63, 3.8) is 0 Å². The highest BCUT2D eigenvalue weighted by atomic mass is 35.5. The molecule has 0 aliphatic carbocycles. The highest BCUT2D eigenvalue weighted by molar-refractivity contribution is 6.31. The fourth-order valence-corrected chi connectivity index (χ4v) is 1.64. The first kappa shape index (κ1) is 16.6. The highest BCUT2D eigenvalue weighted by Gasteiger charge is 2.15. The molecule has 0 aliphatic heterocycles. The number of guanidine groups is 1. The third-order valence-electron chi connectivity index (χ3n) is 2.76.